The van der Waals surface area contributed by atoms with Crippen molar-refractivity contribution in [2.45, 2.75) is 33.1 Å². The fourth-order valence-corrected chi connectivity index (χ4v) is 2.83. The Bertz CT molecular complexity index is 522. The molecule has 0 aromatic carbocycles. The maximum absolute atomic E-state index is 9.14. The molecule has 1 atom stereocenters. The molecule has 6 nitrogen and oxygen atoms in total. The molecule has 142 valence electrons. The molecule has 0 aliphatic rings. The zero-order valence-corrected chi connectivity index (χ0v) is 16.5. The van der Waals surface area contributed by atoms with Crippen LogP contribution in [0, 0.1) is 5.92 Å². The van der Waals surface area contributed by atoms with E-state index in [4.69, 9.17) is 28.3 Å². The lowest BCUT2D eigenvalue weighted by Crippen LogP contribution is -2.40. The number of nitrogens with one attached hydrogen (secondary N) is 3. The molecule has 0 aliphatic heterocycles. The number of aromatic nitrogens is 1. The van der Waals surface area contributed by atoms with Crippen molar-refractivity contribution in [3.05, 3.63) is 22.3 Å². The quantitative estimate of drug-likeness (QED) is 0.265. The van der Waals surface area contributed by atoms with Gasteiger partial charge in [0.25, 0.3) is 0 Å². The Hall–Kier alpha value is -1.24. The van der Waals surface area contributed by atoms with Crippen LogP contribution in [-0.4, -0.2) is 48.8 Å². The molecule has 1 rings (SSSR count). The summed E-state index contributed by atoms with van der Waals surface area (Å²) in [5, 5.41) is 19.8. The van der Waals surface area contributed by atoms with Gasteiger partial charge in [-0.2, -0.15) is 0 Å². The molecule has 1 aromatic heterocycles. The maximum atomic E-state index is 9.14. The SMILES string of the molecule is CCCC(CCO)CN=C(NCC)NCCNc1ncc(Cl)cc1Cl. The number of aliphatic hydroxyl groups excluding tert-OH is 1. The molecule has 0 amide bonds. The molecule has 1 unspecified atom stereocenters. The Labute approximate surface area is 160 Å². The van der Waals surface area contributed by atoms with Crippen LogP contribution in [0.5, 0.6) is 0 Å². The zero-order chi connectivity index (χ0) is 18.5. The third-order valence-electron chi connectivity index (χ3n) is 3.60. The number of aliphatic hydroxyl groups is 1. The van der Waals surface area contributed by atoms with Gasteiger partial charge >= 0.3 is 0 Å². The first-order valence-electron chi connectivity index (χ1n) is 8.78. The van der Waals surface area contributed by atoms with Gasteiger partial charge < -0.3 is 21.1 Å². The highest BCUT2D eigenvalue weighted by molar-refractivity contribution is 6.35. The lowest BCUT2D eigenvalue weighted by atomic mass is 10.0. The number of hydrogen-bond donors (Lipinski definition) is 4. The van der Waals surface area contributed by atoms with Gasteiger partial charge in [-0.15, -0.1) is 0 Å². The first-order chi connectivity index (χ1) is 12.1. The molecular formula is C17H29Cl2N5O. The van der Waals surface area contributed by atoms with E-state index in [0.29, 0.717) is 41.4 Å². The number of rotatable bonds is 11. The Morgan fingerprint density at radius 3 is 2.68 bits per heavy atom. The van der Waals surface area contributed by atoms with E-state index in [0.717, 1.165) is 31.8 Å². The highest BCUT2D eigenvalue weighted by Crippen LogP contribution is 2.21. The molecule has 8 heteroatoms. The normalized spacial score (nSPS) is 12.8. The number of hydrogen-bond acceptors (Lipinski definition) is 4. The van der Waals surface area contributed by atoms with Gasteiger partial charge in [-0.05, 0) is 31.7 Å². The van der Waals surface area contributed by atoms with E-state index in [-0.39, 0.29) is 6.61 Å². The molecular weight excluding hydrogens is 361 g/mol. The number of anilines is 1. The number of aliphatic imine (C=N–C) groups is 1. The van der Waals surface area contributed by atoms with Gasteiger partial charge in [0, 0.05) is 39.0 Å². The average molecular weight is 390 g/mol. The Kier molecular flexibility index (Phi) is 11.4. The van der Waals surface area contributed by atoms with Gasteiger partial charge in [0.1, 0.15) is 5.82 Å². The van der Waals surface area contributed by atoms with Crippen molar-refractivity contribution in [2.75, 3.05) is 38.1 Å². The van der Waals surface area contributed by atoms with Gasteiger partial charge in [-0.3, -0.25) is 4.99 Å². The van der Waals surface area contributed by atoms with Crippen LogP contribution >= 0.6 is 23.2 Å². The second kappa shape index (κ2) is 13.0. The standard InChI is InChI=1S/C17H29Cl2N5O/c1-3-5-13(6-9-25)11-24-17(20-4-2)22-8-7-21-16-15(19)10-14(18)12-23-16/h10,12-13,25H,3-9,11H2,1-2H3,(H,21,23)(H2,20,22,24). The Balaban J connectivity index is 2.44. The van der Waals surface area contributed by atoms with Gasteiger partial charge in [-0.1, -0.05) is 36.5 Å². The highest BCUT2D eigenvalue weighted by atomic mass is 35.5. The van der Waals surface area contributed by atoms with Crippen LogP contribution < -0.4 is 16.0 Å². The highest BCUT2D eigenvalue weighted by Gasteiger charge is 2.07. The predicted molar refractivity (Wildman–Crippen MR) is 107 cm³/mol. The predicted octanol–water partition coefficient (Wildman–Crippen LogP) is 3.15. The topological polar surface area (TPSA) is 81.6 Å². The maximum Gasteiger partial charge on any atom is 0.191 e. The third-order valence-corrected chi connectivity index (χ3v) is 4.10. The van der Waals surface area contributed by atoms with Crippen LogP contribution in [0.3, 0.4) is 0 Å². The van der Waals surface area contributed by atoms with Gasteiger partial charge in [0.15, 0.2) is 5.96 Å². The number of nitrogens with zero attached hydrogens (tertiary/aromatic N) is 2. The first kappa shape index (κ1) is 21.8. The Morgan fingerprint density at radius 1 is 1.24 bits per heavy atom. The van der Waals surface area contributed by atoms with Crippen LogP contribution in [-0.2, 0) is 0 Å². The summed E-state index contributed by atoms with van der Waals surface area (Å²) in [5.41, 5.74) is 0. The number of guanidine groups is 1. The van der Waals surface area contributed by atoms with E-state index in [1.807, 2.05) is 6.92 Å². The van der Waals surface area contributed by atoms with E-state index >= 15 is 0 Å². The summed E-state index contributed by atoms with van der Waals surface area (Å²) in [6.07, 6.45) is 4.53. The van der Waals surface area contributed by atoms with E-state index in [9.17, 15) is 0 Å². The minimum absolute atomic E-state index is 0.211. The van der Waals surface area contributed by atoms with Crippen LogP contribution in [0.4, 0.5) is 5.82 Å². The van der Waals surface area contributed by atoms with E-state index < -0.39 is 0 Å². The molecule has 0 spiro atoms. The molecule has 1 aromatic rings. The van der Waals surface area contributed by atoms with Crippen LogP contribution in [0.15, 0.2) is 17.3 Å². The van der Waals surface area contributed by atoms with Gasteiger partial charge in [0.05, 0.1) is 10.0 Å². The molecule has 0 fully saturated rings. The summed E-state index contributed by atoms with van der Waals surface area (Å²) in [5.74, 6) is 1.81. The minimum Gasteiger partial charge on any atom is -0.396 e. The first-order valence-corrected chi connectivity index (χ1v) is 9.54. The average Bonchev–Trinajstić information content (AvgIpc) is 2.58. The molecule has 1 heterocycles. The van der Waals surface area contributed by atoms with Gasteiger partial charge in [-0.25, -0.2) is 4.98 Å². The fourth-order valence-electron chi connectivity index (χ4n) is 2.39. The molecule has 0 saturated carbocycles. The summed E-state index contributed by atoms with van der Waals surface area (Å²) in [6, 6.07) is 1.66. The van der Waals surface area contributed by atoms with Crippen molar-refractivity contribution in [2.24, 2.45) is 10.9 Å². The van der Waals surface area contributed by atoms with Crippen molar-refractivity contribution in [3.63, 3.8) is 0 Å². The molecule has 0 aliphatic carbocycles. The van der Waals surface area contributed by atoms with Crippen molar-refractivity contribution in [1.82, 2.24) is 15.6 Å². The zero-order valence-electron chi connectivity index (χ0n) is 15.0. The van der Waals surface area contributed by atoms with Crippen LogP contribution in [0.2, 0.25) is 10.0 Å². The molecule has 4 N–H and O–H groups in total. The molecule has 0 saturated heterocycles. The third kappa shape index (κ3) is 9.14. The minimum atomic E-state index is 0.211. The van der Waals surface area contributed by atoms with E-state index in [1.165, 1.54) is 0 Å². The molecule has 0 radical (unpaired) electrons. The van der Waals surface area contributed by atoms with Crippen molar-refractivity contribution in [3.8, 4) is 0 Å². The molecule has 25 heavy (non-hydrogen) atoms. The largest absolute Gasteiger partial charge is 0.396 e. The smallest absolute Gasteiger partial charge is 0.191 e. The lowest BCUT2D eigenvalue weighted by molar-refractivity contribution is 0.253. The number of halogens is 2. The summed E-state index contributed by atoms with van der Waals surface area (Å²) < 4.78 is 0. The fraction of sp³-hybridized carbons (Fsp3) is 0.647. The Morgan fingerprint density at radius 2 is 2.04 bits per heavy atom. The van der Waals surface area contributed by atoms with Crippen molar-refractivity contribution in [1.29, 1.82) is 0 Å². The summed E-state index contributed by atoms with van der Waals surface area (Å²) in [6.45, 7) is 7.22. The van der Waals surface area contributed by atoms with Crippen LogP contribution in [0.1, 0.15) is 33.1 Å². The summed E-state index contributed by atoms with van der Waals surface area (Å²) >= 11 is 11.9. The van der Waals surface area contributed by atoms with Gasteiger partial charge in [0.2, 0.25) is 0 Å². The summed E-state index contributed by atoms with van der Waals surface area (Å²) in [7, 11) is 0. The monoisotopic (exact) mass is 389 g/mol. The van der Waals surface area contributed by atoms with Crippen LogP contribution in [0.25, 0.3) is 0 Å². The number of pyridine rings is 1. The summed E-state index contributed by atoms with van der Waals surface area (Å²) in [4.78, 5) is 8.78. The molecule has 0 bridgehead atoms. The second-order valence-corrected chi connectivity index (χ2v) is 6.57. The van der Waals surface area contributed by atoms with Crippen molar-refractivity contribution >= 4 is 35.0 Å². The lowest BCUT2D eigenvalue weighted by Gasteiger charge is -2.15. The second-order valence-electron chi connectivity index (χ2n) is 5.72. The van der Waals surface area contributed by atoms with E-state index in [2.05, 4.69) is 32.9 Å². The van der Waals surface area contributed by atoms with Crippen molar-refractivity contribution < 1.29 is 5.11 Å². The van der Waals surface area contributed by atoms with E-state index in [1.54, 1.807) is 12.3 Å².